The van der Waals surface area contributed by atoms with Crippen molar-refractivity contribution in [1.82, 2.24) is 14.9 Å². The summed E-state index contributed by atoms with van der Waals surface area (Å²) in [5, 5.41) is 0.999. The molecule has 4 aromatic rings. The van der Waals surface area contributed by atoms with E-state index < -0.39 is 0 Å². The number of para-hydroxylation sites is 1. The number of halogens is 1. The van der Waals surface area contributed by atoms with E-state index >= 15 is 0 Å². The minimum absolute atomic E-state index is 0.177. The molecule has 0 radical (unpaired) electrons. The van der Waals surface area contributed by atoms with Crippen molar-refractivity contribution in [2.24, 2.45) is 0 Å². The molecule has 1 aliphatic rings. The molecule has 152 valence electrons. The van der Waals surface area contributed by atoms with Crippen LogP contribution in [-0.2, 0) is 6.42 Å². The standard InChI is InChI=1S/C25H25FN4/c26-21-7-8-24-23(16-21)20(18-28-24)9-11-29-12-14-30(15-13-29)25-6-2-1-5-22(25)19-4-3-10-27-17-19/h1-8,10,16-18,28H,9,11-15H2. The summed E-state index contributed by atoms with van der Waals surface area (Å²) < 4.78 is 13.6. The number of benzene rings is 2. The van der Waals surface area contributed by atoms with E-state index in [1.54, 1.807) is 6.07 Å². The number of hydrogen-bond acceptors (Lipinski definition) is 3. The number of fused-ring (bicyclic) bond motifs is 1. The van der Waals surface area contributed by atoms with E-state index in [1.807, 2.05) is 30.7 Å². The number of rotatable bonds is 5. The molecule has 30 heavy (non-hydrogen) atoms. The highest BCUT2D eigenvalue weighted by molar-refractivity contribution is 5.83. The van der Waals surface area contributed by atoms with E-state index in [-0.39, 0.29) is 5.82 Å². The molecule has 1 saturated heterocycles. The lowest BCUT2D eigenvalue weighted by Gasteiger charge is -2.37. The van der Waals surface area contributed by atoms with Crippen LogP contribution in [0.25, 0.3) is 22.0 Å². The third kappa shape index (κ3) is 3.81. The Morgan fingerprint density at radius 1 is 0.967 bits per heavy atom. The molecule has 0 bridgehead atoms. The maximum Gasteiger partial charge on any atom is 0.123 e. The normalized spacial score (nSPS) is 15.0. The second kappa shape index (κ2) is 8.28. The number of piperazine rings is 1. The summed E-state index contributed by atoms with van der Waals surface area (Å²) in [6.07, 6.45) is 6.69. The van der Waals surface area contributed by atoms with Gasteiger partial charge in [-0.05, 0) is 42.3 Å². The van der Waals surface area contributed by atoms with E-state index in [2.05, 4.69) is 50.1 Å². The fourth-order valence-electron chi connectivity index (χ4n) is 4.36. The molecule has 1 fully saturated rings. The van der Waals surface area contributed by atoms with Crippen molar-refractivity contribution >= 4 is 16.6 Å². The molecule has 1 N–H and O–H groups in total. The van der Waals surface area contributed by atoms with Crippen LogP contribution in [0.1, 0.15) is 5.56 Å². The van der Waals surface area contributed by atoms with Gasteiger partial charge in [0, 0.05) is 79.0 Å². The van der Waals surface area contributed by atoms with Crippen LogP contribution in [-0.4, -0.2) is 47.6 Å². The van der Waals surface area contributed by atoms with Crippen LogP contribution in [0.2, 0.25) is 0 Å². The number of aromatic amines is 1. The number of hydrogen-bond donors (Lipinski definition) is 1. The van der Waals surface area contributed by atoms with Crippen molar-refractivity contribution in [3.63, 3.8) is 0 Å². The molecular weight excluding hydrogens is 375 g/mol. The summed E-state index contributed by atoms with van der Waals surface area (Å²) in [6.45, 7) is 5.04. The van der Waals surface area contributed by atoms with Crippen LogP contribution in [0, 0.1) is 5.82 Å². The summed E-state index contributed by atoms with van der Waals surface area (Å²) in [4.78, 5) is 12.5. The molecule has 0 spiro atoms. The molecule has 3 heterocycles. The first-order valence-corrected chi connectivity index (χ1v) is 10.5. The van der Waals surface area contributed by atoms with Gasteiger partial charge in [0.25, 0.3) is 0 Å². The Morgan fingerprint density at radius 3 is 2.67 bits per heavy atom. The van der Waals surface area contributed by atoms with Gasteiger partial charge in [0.2, 0.25) is 0 Å². The Hall–Kier alpha value is -3.18. The monoisotopic (exact) mass is 400 g/mol. The topological polar surface area (TPSA) is 35.2 Å². The Labute approximate surface area is 176 Å². The second-order valence-electron chi connectivity index (χ2n) is 7.84. The molecule has 5 heteroatoms. The predicted octanol–water partition coefficient (Wildman–Crippen LogP) is 4.73. The molecule has 2 aromatic carbocycles. The Balaban J connectivity index is 1.24. The van der Waals surface area contributed by atoms with Crippen molar-refractivity contribution in [1.29, 1.82) is 0 Å². The van der Waals surface area contributed by atoms with Crippen LogP contribution < -0.4 is 4.90 Å². The van der Waals surface area contributed by atoms with E-state index in [0.717, 1.165) is 55.6 Å². The van der Waals surface area contributed by atoms with Crippen LogP contribution >= 0.6 is 0 Å². The summed E-state index contributed by atoms with van der Waals surface area (Å²) in [6, 6.07) is 17.6. The number of H-pyrrole nitrogens is 1. The average Bonchev–Trinajstić information content (AvgIpc) is 3.21. The summed E-state index contributed by atoms with van der Waals surface area (Å²) >= 11 is 0. The molecule has 2 aromatic heterocycles. The molecule has 0 atom stereocenters. The fraction of sp³-hybridized carbons (Fsp3) is 0.240. The highest BCUT2D eigenvalue weighted by Crippen LogP contribution is 2.31. The van der Waals surface area contributed by atoms with Crippen molar-refractivity contribution in [3.05, 3.63) is 84.6 Å². The van der Waals surface area contributed by atoms with Gasteiger partial charge in [0.1, 0.15) is 5.82 Å². The number of nitrogens with zero attached hydrogens (tertiary/aromatic N) is 3. The Kier molecular flexibility index (Phi) is 5.20. The summed E-state index contributed by atoms with van der Waals surface area (Å²) in [5.74, 6) is -0.177. The van der Waals surface area contributed by atoms with E-state index in [1.165, 1.54) is 22.9 Å². The minimum atomic E-state index is -0.177. The third-order valence-electron chi connectivity index (χ3n) is 6.02. The molecular formula is C25H25FN4. The summed E-state index contributed by atoms with van der Waals surface area (Å²) in [5.41, 5.74) is 5.86. The number of aromatic nitrogens is 2. The quantitative estimate of drug-likeness (QED) is 0.526. The van der Waals surface area contributed by atoms with Crippen molar-refractivity contribution in [3.8, 4) is 11.1 Å². The Bertz CT molecular complexity index is 1130. The first kappa shape index (κ1) is 18.8. The lowest BCUT2D eigenvalue weighted by molar-refractivity contribution is 0.261. The Morgan fingerprint density at radius 2 is 1.83 bits per heavy atom. The molecule has 0 saturated carbocycles. The molecule has 0 aliphatic carbocycles. The molecule has 5 rings (SSSR count). The molecule has 1 aliphatic heterocycles. The SMILES string of the molecule is Fc1ccc2[nH]cc(CCN3CCN(c4ccccc4-c4cccnc4)CC3)c2c1. The highest BCUT2D eigenvalue weighted by Gasteiger charge is 2.19. The zero-order chi connectivity index (χ0) is 20.3. The van der Waals surface area contributed by atoms with Gasteiger partial charge in [-0.3, -0.25) is 9.88 Å². The van der Waals surface area contributed by atoms with Gasteiger partial charge in [-0.1, -0.05) is 24.3 Å². The van der Waals surface area contributed by atoms with Gasteiger partial charge in [0.05, 0.1) is 0 Å². The highest BCUT2D eigenvalue weighted by atomic mass is 19.1. The van der Waals surface area contributed by atoms with Crippen molar-refractivity contribution < 1.29 is 4.39 Å². The zero-order valence-corrected chi connectivity index (χ0v) is 16.9. The van der Waals surface area contributed by atoms with E-state index in [0.29, 0.717) is 0 Å². The maximum atomic E-state index is 13.6. The molecule has 0 unspecified atom stereocenters. The van der Waals surface area contributed by atoms with Gasteiger partial charge in [-0.15, -0.1) is 0 Å². The fourth-order valence-corrected chi connectivity index (χ4v) is 4.36. The van der Waals surface area contributed by atoms with E-state index in [4.69, 9.17) is 0 Å². The van der Waals surface area contributed by atoms with Crippen LogP contribution in [0.3, 0.4) is 0 Å². The van der Waals surface area contributed by atoms with Gasteiger partial charge in [-0.25, -0.2) is 4.39 Å². The van der Waals surface area contributed by atoms with Gasteiger partial charge in [0.15, 0.2) is 0 Å². The van der Waals surface area contributed by atoms with Gasteiger partial charge in [-0.2, -0.15) is 0 Å². The number of nitrogens with one attached hydrogen (secondary N) is 1. The van der Waals surface area contributed by atoms with Gasteiger partial charge >= 0.3 is 0 Å². The van der Waals surface area contributed by atoms with E-state index in [9.17, 15) is 4.39 Å². The maximum absolute atomic E-state index is 13.6. The second-order valence-corrected chi connectivity index (χ2v) is 7.84. The van der Waals surface area contributed by atoms with Gasteiger partial charge < -0.3 is 9.88 Å². The minimum Gasteiger partial charge on any atom is -0.368 e. The van der Waals surface area contributed by atoms with Crippen LogP contribution in [0.5, 0.6) is 0 Å². The first-order chi connectivity index (χ1) is 14.8. The first-order valence-electron chi connectivity index (χ1n) is 10.5. The molecule has 4 nitrogen and oxygen atoms in total. The van der Waals surface area contributed by atoms with Crippen molar-refractivity contribution in [2.75, 3.05) is 37.6 Å². The number of anilines is 1. The lowest BCUT2D eigenvalue weighted by atomic mass is 10.0. The zero-order valence-electron chi connectivity index (χ0n) is 16.9. The number of pyridine rings is 1. The van der Waals surface area contributed by atoms with Crippen LogP contribution in [0.4, 0.5) is 10.1 Å². The van der Waals surface area contributed by atoms with Crippen molar-refractivity contribution in [2.45, 2.75) is 6.42 Å². The molecule has 0 amide bonds. The lowest BCUT2D eigenvalue weighted by Crippen LogP contribution is -2.47. The summed E-state index contributed by atoms with van der Waals surface area (Å²) in [7, 11) is 0. The average molecular weight is 401 g/mol. The largest absolute Gasteiger partial charge is 0.368 e. The van der Waals surface area contributed by atoms with Crippen LogP contribution in [0.15, 0.2) is 73.2 Å². The smallest absolute Gasteiger partial charge is 0.123 e. The predicted molar refractivity (Wildman–Crippen MR) is 120 cm³/mol. The third-order valence-corrected chi connectivity index (χ3v) is 6.02.